The fraction of sp³-hybridized carbons (Fsp3) is 0.611. The smallest absolute Gasteiger partial charge is 0.255 e. The Kier molecular flexibility index (Phi) is 7.96. The maximum atomic E-state index is 12.7. The molecule has 6 nitrogen and oxygen atoms in total. The lowest BCUT2D eigenvalue weighted by Gasteiger charge is -2.37. The molecule has 2 rings (SSSR count). The first-order valence-electron chi connectivity index (χ1n) is 8.49. The first-order chi connectivity index (χ1) is 12.1. The molecule has 0 atom stereocenters. The Bertz CT molecular complexity index is 556. The lowest BCUT2D eigenvalue weighted by molar-refractivity contribution is 0.0511. The predicted octanol–water partition coefficient (Wildman–Crippen LogP) is 2.11. The summed E-state index contributed by atoms with van der Waals surface area (Å²) in [6.07, 6.45) is 1.93. The standard InChI is InChI=1S/C18H27ClN2O4/c1-23-9-10-25-16-4-3-14(19)11-15(16)17(22)21-12-18(13-24-2)5-7-20-8-6-18/h3-4,11,20H,5-10,12-13H2,1-2H3,(H,21,22). The van der Waals surface area contributed by atoms with E-state index in [1.165, 1.54) is 0 Å². The number of hydrogen-bond donors (Lipinski definition) is 2. The quantitative estimate of drug-likeness (QED) is 0.651. The molecule has 1 aliphatic heterocycles. The van der Waals surface area contributed by atoms with Gasteiger partial charge in [0.05, 0.1) is 18.8 Å². The fourth-order valence-electron chi connectivity index (χ4n) is 3.04. The Morgan fingerprint density at radius 3 is 2.68 bits per heavy atom. The summed E-state index contributed by atoms with van der Waals surface area (Å²) in [5.74, 6) is 0.314. The van der Waals surface area contributed by atoms with Gasteiger partial charge in [-0.25, -0.2) is 0 Å². The van der Waals surface area contributed by atoms with Crippen molar-refractivity contribution in [2.45, 2.75) is 12.8 Å². The molecule has 0 spiro atoms. The molecule has 0 bridgehead atoms. The highest BCUT2D eigenvalue weighted by Crippen LogP contribution is 2.29. The maximum Gasteiger partial charge on any atom is 0.255 e. The summed E-state index contributed by atoms with van der Waals surface area (Å²) in [6, 6.07) is 5.05. The van der Waals surface area contributed by atoms with E-state index in [-0.39, 0.29) is 11.3 Å². The normalized spacial score (nSPS) is 16.4. The highest BCUT2D eigenvalue weighted by atomic mass is 35.5. The minimum atomic E-state index is -0.191. The molecule has 0 aliphatic carbocycles. The highest BCUT2D eigenvalue weighted by molar-refractivity contribution is 6.31. The summed E-state index contributed by atoms with van der Waals surface area (Å²) >= 11 is 6.06. The summed E-state index contributed by atoms with van der Waals surface area (Å²) < 4.78 is 16.0. The van der Waals surface area contributed by atoms with Crippen molar-refractivity contribution >= 4 is 17.5 Å². The van der Waals surface area contributed by atoms with Crippen molar-refractivity contribution in [3.05, 3.63) is 28.8 Å². The zero-order valence-electron chi connectivity index (χ0n) is 14.9. The molecule has 0 unspecified atom stereocenters. The first kappa shape index (κ1) is 20.0. The highest BCUT2D eigenvalue weighted by Gasteiger charge is 2.32. The third-order valence-corrected chi connectivity index (χ3v) is 4.71. The van der Waals surface area contributed by atoms with Crippen LogP contribution in [0.15, 0.2) is 18.2 Å². The number of carbonyl (C=O) groups excluding carboxylic acids is 1. The topological polar surface area (TPSA) is 68.8 Å². The number of benzene rings is 1. The molecule has 0 aromatic heterocycles. The van der Waals surface area contributed by atoms with Gasteiger partial charge in [-0.1, -0.05) is 11.6 Å². The van der Waals surface area contributed by atoms with Crippen molar-refractivity contribution in [1.82, 2.24) is 10.6 Å². The van der Waals surface area contributed by atoms with Crippen LogP contribution in [0, 0.1) is 5.41 Å². The minimum Gasteiger partial charge on any atom is -0.490 e. The van der Waals surface area contributed by atoms with Crippen LogP contribution in [-0.4, -0.2) is 59.6 Å². The average Bonchev–Trinajstić information content (AvgIpc) is 2.62. The van der Waals surface area contributed by atoms with E-state index in [0.29, 0.717) is 42.7 Å². The number of amides is 1. The number of carbonyl (C=O) groups is 1. The van der Waals surface area contributed by atoms with Crippen LogP contribution < -0.4 is 15.4 Å². The molecular formula is C18H27ClN2O4. The molecule has 1 fully saturated rings. The van der Waals surface area contributed by atoms with Crippen LogP contribution in [0.4, 0.5) is 0 Å². The molecule has 140 valence electrons. The number of halogens is 1. The lowest BCUT2D eigenvalue weighted by atomic mass is 9.79. The third-order valence-electron chi connectivity index (χ3n) is 4.47. The van der Waals surface area contributed by atoms with E-state index in [1.807, 2.05) is 0 Å². The molecule has 1 aromatic carbocycles. The van der Waals surface area contributed by atoms with Crippen molar-refractivity contribution in [2.75, 3.05) is 53.7 Å². The van der Waals surface area contributed by atoms with Gasteiger partial charge < -0.3 is 24.8 Å². The molecule has 1 aromatic rings. The Balaban J connectivity index is 2.04. The predicted molar refractivity (Wildman–Crippen MR) is 97.6 cm³/mol. The van der Waals surface area contributed by atoms with Crippen LogP contribution >= 0.6 is 11.6 Å². The van der Waals surface area contributed by atoms with Crippen LogP contribution in [-0.2, 0) is 9.47 Å². The second kappa shape index (κ2) is 9.97. The van der Waals surface area contributed by atoms with Gasteiger partial charge in [-0.3, -0.25) is 4.79 Å². The number of hydrogen-bond acceptors (Lipinski definition) is 5. The van der Waals surface area contributed by atoms with Crippen LogP contribution in [0.2, 0.25) is 5.02 Å². The van der Waals surface area contributed by atoms with Gasteiger partial charge in [0.15, 0.2) is 0 Å². The summed E-state index contributed by atoms with van der Waals surface area (Å²) in [7, 11) is 3.30. The number of methoxy groups -OCH3 is 2. The van der Waals surface area contributed by atoms with E-state index in [4.69, 9.17) is 25.8 Å². The molecule has 0 radical (unpaired) electrons. The summed E-state index contributed by atoms with van der Waals surface area (Å²) in [4.78, 5) is 12.7. The van der Waals surface area contributed by atoms with E-state index in [0.717, 1.165) is 25.9 Å². The van der Waals surface area contributed by atoms with E-state index >= 15 is 0 Å². The van der Waals surface area contributed by atoms with E-state index in [1.54, 1.807) is 32.4 Å². The Labute approximate surface area is 154 Å². The SMILES string of the molecule is COCCOc1ccc(Cl)cc1C(=O)NCC1(COC)CCNCC1. The summed E-state index contributed by atoms with van der Waals surface area (Å²) in [5.41, 5.74) is 0.399. The largest absolute Gasteiger partial charge is 0.490 e. The molecule has 1 amide bonds. The van der Waals surface area contributed by atoms with Gasteiger partial charge in [-0.15, -0.1) is 0 Å². The molecule has 7 heteroatoms. The van der Waals surface area contributed by atoms with Gasteiger partial charge in [-0.2, -0.15) is 0 Å². The van der Waals surface area contributed by atoms with Gasteiger partial charge in [0.2, 0.25) is 0 Å². The van der Waals surface area contributed by atoms with E-state index < -0.39 is 0 Å². The second-order valence-corrected chi connectivity index (χ2v) is 6.78. The molecule has 1 heterocycles. The summed E-state index contributed by atoms with van der Waals surface area (Å²) in [5, 5.41) is 6.88. The van der Waals surface area contributed by atoms with Crippen LogP contribution in [0.1, 0.15) is 23.2 Å². The first-order valence-corrected chi connectivity index (χ1v) is 8.87. The Hall–Kier alpha value is -1.34. The number of nitrogens with one attached hydrogen (secondary N) is 2. The second-order valence-electron chi connectivity index (χ2n) is 6.35. The van der Waals surface area contributed by atoms with Gasteiger partial charge >= 0.3 is 0 Å². The Morgan fingerprint density at radius 2 is 2.00 bits per heavy atom. The van der Waals surface area contributed by atoms with Crippen molar-refractivity contribution in [3.8, 4) is 5.75 Å². The average molecular weight is 371 g/mol. The summed E-state index contributed by atoms with van der Waals surface area (Å²) in [6.45, 7) is 3.88. The van der Waals surface area contributed by atoms with Crippen molar-refractivity contribution in [3.63, 3.8) is 0 Å². The van der Waals surface area contributed by atoms with Gasteiger partial charge in [-0.05, 0) is 44.1 Å². The van der Waals surface area contributed by atoms with Crippen molar-refractivity contribution in [2.24, 2.45) is 5.41 Å². The number of rotatable bonds is 9. The number of ether oxygens (including phenoxy) is 3. The molecule has 1 aliphatic rings. The van der Waals surface area contributed by atoms with Gasteiger partial charge in [0, 0.05) is 31.2 Å². The maximum absolute atomic E-state index is 12.7. The minimum absolute atomic E-state index is 0.0364. The lowest BCUT2D eigenvalue weighted by Crippen LogP contribution is -2.47. The van der Waals surface area contributed by atoms with Gasteiger partial charge in [0.25, 0.3) is 5.91 Å². The fourth-order valence-corrected chi connectivity index (χ4v) is 3.21. The van der Waals surface area contributed by atoms with Gasteiger partial charge in [0.1, 0.15) is 12.4 Å². The Morgan fingerprint density at radius 1 is 1.24 bits per heavy atom. The molecular weight excluding hydrogens is 344 g/mol. The van der Waals surface area contributed by atoms with Crippen LogP contribution in [0.5, 0.6) is 5.75 Å². The zero-order chi connectivity index (χ0) is 18.1. The zero-order valence-corrected chi connectivity index (χ0v) is 15.7. The van der Waals surface area contributed by atoms with Crippen LogP contribution in [0.3, 0.4) is 0 Å². The van der Waals surface area contributed by atoms with Crippen molar-refractivity contribution in [1.29, 1.82) is 0 Å². The van der Waals surface area contributed by atoms with E-state index in [2.05, 4.69) is 10.6 Å². The van der Waals surface area contributed by atoms with E-state index in [9.17, 15) is 4.79 Å². The molecule has 1 saturated heterocycles. The van der Waals surface area contributed by atoms with Crippen molar-refractivity contribution < 1.29 is 19.0 Å². The molecule has 2 N–H and O–H groups in total. The third kappa shape index (κ3) is 5.85. The molecule has 0 saturated carbocycles. The molecule has 25 heavy (non-hydrogen) atoms. The van der Waals surface area contributed by atoms with Crippen LogP contribution in [0.25, 0.3) is 0 Å². The number of piperidine rings is 1. The monoisotopic (exact) mass is 370 g/mol.